The van der Waals surface area contributed by atoms with Crippen molar-refractivity contribution in [3.63, 3.8) is 0 Å². The molecule has 1 N–H and O–H groups in total. The quantitative estimate of drug-likeness (QED) is 0.714. The molecule has 2 aromatic carbocycles. The lowest BCUT2D eigenvalue weighted by atomic mass is 10.1. The molecule has 0 unspecified atom stereocenters. The monoisotopic (exact) mass is 365 g/mol. The molecule has 1 aliphatic rings. The third-order valence-electron chi connectivity index (χ3n) is 4.15. The lowest BCUT2D eigenvalue weighted by molar-refractivity contribution is 0.0950. The van der Waals surface area contributed by atoms with Crippen LogP contribution in [0.3, 0.4) is 0 Å². The van der Waals surface area contributed by atoms with Crippen LogP contribution in [0.4, 0.5) is 0 Å². The van der Waals surface area contributed by atoms with E-state index in [4.69, 9.17) is 4.74 Å². The fraction of sp³-hybridized carbons (Fsp3) is 0.250. The van der Waals surface area contributed by atoms with Gasteiger partial charge >= 0.3 is 0 Å². The second kappa shape index (κ2) is 7.25. The van der Waals surface area contributed by atoms with Gasteiger partial charge in [0, 0.05) is 29.6 Å². The van der Waals surface area contributed by atoms with Crippen LogP contribution < -0.4 is 10.1 Å². The normalized spacial score (nSPS) is 13.4. The summed E-state index contributed by atoms with van der Waals surface area (Å²) in [7, 11) is 0. The first-order chi connectivity index (χ1) is 12.7. The third-order valence-corrected chi connectivity index (χ3v) is 4.78. The maximum absolute atomic E-state index is 12.1. The Hall–Kier alpha value is -2.73. The van der Waals surface area contributed by atoms with Crippen LogP contribution >= 0.6 is 11.5 Å². The zero-order valence-corrected chi connectivity index (χ0v) is 15.3. The molecular weight excluding hydrogens is 346 g/mol. The number of carbonyl (C=O) groups excluding carboxylic acids is 1. The van der Waals surface area contributed by atoms with Crippen LogP contribution in [0.5, 0.6) is 10.9 Å². The Morgan fingerprint density at radius 1 is 1.23 bits per heavy atom. The lowest BCUT2D eigenvalue weighted by Crippen LogP contribution is -2.25. The van der Waals surface area contributed by atoms with Crippen LogP contribution in [0.15, 0.2) is 48.5 Å². The minimum atomic E-state index is -0.0599. The smallest absolute Gasteiger partial charge is 0.298 e. The summed E-state index contributed by atoms with van der Waals surface area (Å²) in [6.07, 6.45) is 2.80. The second-order valence-corrected chi connectivity index (χ2v) is 7.23. The maximum Gasteiger partial charge on any atom is 0.298 e. The molecule has 0 atom stereocenters. The average molecular weight is 365 g/mol. The fourth-order valence-corrected chi connectivity index (χ4v) is 3.11. The SMILES string of the molecule is Cc1ccc(Cc2nsc(Oc3cccc(C(=O)NC4CC4)c3)n2)cc1. The number of aromatic nitrogens is 2. The van der Waals surface area contributed by atoms with E-state index in [2.05, 4.69) is 45.9 Å². The van der Waals surface area contributed by atoms with E-state index in [1.165, 1.54) is 22.7 Å². The predicted molar refractivity (Wildman–Crippen MR) is 101 cm³/mol. The van der Waals surface area contributed by atoms with Gasteiger partial charge in [-0.3, -0.25) is 4.79 Å². The summed E-state index contributed by atoms with van der Waals surface area (Å²) >= 11 is 1.22. The summed E-state index contributed by atoms with van der Waals surface area (Å²) in [5, 5.41) is 3.46. The van der Waals surface area contributed by atoms with Gasteiger partial charge in [-0.15, -0.1) is 0 Å². The Labute approximate surface area is 156 Å². The number of carbonyl (C=O) groups is 1. The van der Waals surface area contributed by atoms with Crippen molar-refractivity contribution in [2.24, 2.45) is 0 Å². The molecule has 1 heterocycles. The Bertz CT molecular complexity index is 917. The second-order valence-electron chi connectivity index (χ2n) is 6.52. The zero-order valence-electron chi connectivity index (χ0n) is 14.4. The molecule has 26 heavy (non-hydrogen) atoms. The number of hydrogen-bond donors (Lipinski definition) is 1. The average Bonchev–Trinajstić information content (AvgIpc) is 3.35. The fourth-order valence-electron chi connectivity index (χ4n) is 2.54. The van der Waals surface area contributed by atoms with Crippen LogP contribution in [0.2, 0.25) is 0 Å². The number of nitrogens with zero attached hydrogens (tertiary/aromatic N) is 2. The molecule has 0 bridgehead atoms. The molecule has 1 aliphatic carbocycles. The molecule has 4 rings (SSSR count). The first-order valence-corrected chi connectivity index (χ1v) is 9.40. The number of hydrogen-bond acceptors (Lipinski definition) is 5. The van der Waals surface area contributed by atoms with Crippen molar-refractivity contribution in [1.82, 2.24) is 14.7 Å². The summed E-state index contributed by atoms with van der Waals surface area (Å²) in [4.78, 5) is 16.6. The molecule has 1 aromatic heterocycles. The predicted octanol–water partition coefficient (Wildman–Crippen LogP) is 4.12. The van der Waals surface area contributed by atoms with Gasteiger partial charge in [0.15, 0.2) is 5.82 Å². The minimum absolute atomic E-state index is 0.0599. The molecule has 0 spiro atoms. The van der Waals surface area contributed by atoms with Gasteiger partial charge in [-0.1, -0.05) is 35.9 Å². The third kappa shape index (κ3) is 4.26. The molecule has 0 saturated heterocycles. The molecule has 1 fully saturated rings. The van der Waals surface area contributed by atoms with E-state index < -0.39 is 0 Å². The van der Waals surface area contributed by atoms with Gasteiger partial charge in [-0.2, -0.15) is 9.36 Å². The van der Waals surface area contributed by atoms with E-state index in [1.54, 1.807) is 12.1 Å². The standard InChI is InChI=1S/C20H19N3O2S/c1-13-5-7-14(8-6-13)11-18-22-20(26-23-18)25-17-4-2-3-15(12-17)19(24)21-16-9-10-16/h2-8,12,16H,9-11H2,1H3,(H,21,24). The highest BCUT2D eigenvalue weighted by Crippen LogP contribution is 2.25. The van der Waals surface area contributed by atoms with Gasteiger partial charge < -0.3 is 10.1 Å². The minimum Gasteiger partial charge on any atom is -0.430 e. The van der Waals surface area contributed by atoms with Crippen molar-refractivity contribution >= 4 is 17.4 Å². The highest BCUT2D eigenvalue weighted by atomic mass is 32.1. The van der Waals surface area contributed by atoms with Gasteiger partial charge in [-0.05, 0) is 43.5 Å². The first-order valence-electron chi connectivity index (χ1n) is 8.62. The van der Waals surface area contributed by atoms with Gasteiger partial charge in [0.25, 0.3) is 11.1 Å². The van der Waals surface area contributed by atoms with Crippen molar-refractivity contribution < 1.29 is 9.53 Å². The van der Waals surface area contributed by atoms with Crippen LogP contribution in [0.1, 0.15) is 40.2 Å². The van der Waals surface area contributed by atoms with Gasteiger partial charge in [0.1, 0.15) is 5.75 Å². The number of rotatable bonds is 6. The molecule has 1 saturated carbocycles. The maximum atomic E-state index is 12.1. The molecule has 0 radical (unpaired) electrons. The lowest BCUT2D eigenvalue weighted by Gasteiger charge is -2.05. The highest BCUT2D eigenvalue weighted by Gasteiger charge is 2.23. The zero-order chi connectivity index (χ0) is 17.9. The van der Waals surface area contributed by atoms with Crippen molar-refractivity contribution in [2.75, 3.05) is 0 Å². The largest absolute Gasteiger partial charge is 0.430 e. The molecule has 3 aromatic rings. The number of amides is 1. The van der Waals surface area contributed by atoms with Crippen molar-refractivity contribution in [3.05, 3.63) is 71.0 Å². The molecule has 0 aliphatic heterocycles. The van der Waals surface area contributed by atoms with E-state index in [0.29, 0.717) is 29.0 Å². The van der Waals surface area contributed by atoms with Crippen molar-refractivity contribution in [2.45, 2.75) is 32.2 Å². The summed E-state index contributed by atoms with van der Waals surface area (Å²) in [5.41, 5.74) is 2.99. The van der Waals surface area contributed by atoms with E-state index in [-0.39, 0.29) is 5.91 Å². The topological polar surface area (TPSA) is 64.1 Å². The van der Waals surface area contributed by atoms with Crippen LogP contribution in [0, 0.1) is 6.92 Å². The van der Waals surface area contributed by atoms with E-state index in [9.17, 15) is 4.79 Å². The highest BCUT2D eigenvalue weighted by molar-refractivity contribution is 7.07. The van der Waals surface area contributed by atoms with E-state index in [0.717, 1.165) is 18.7 Å². The van der Waals surface area contributed by atoms with Crippen LogP contribution in [-0.2, 0) is 6.42 Å². The number of nitrogens with one attached hydrogen (secondary N) is 1. The molecular formula is C20H19N3O2S. The number of ether oxygens (including phenoxy) is 1. The first kappa shape index (κ1) is 16.7. The number of benzene rings is 2. The van der Waals surface area contributed by atoms with E-state index in [1.807, 2.05) is 12.1 Å². The van der Waals surface area contributed by atoms with Crippen molar-refractivity contribution in [1.29, 1.82) is 0 Å². The van der Waals surface area contributed by atoms with E-state index >= 15 is 0 Å². The Morgan fingerprint density at radius 3 is 2.81 bits per heavy atom. The molecule has 5 nitrogen and oxygen atoms in total. The summed E-state index contributed by atoms with van der Waals surface area (Å²) in [6.45, 7) is 2.07. The Morgan fingerprint density at radius 2 is 2.04 bits per heavy atom. The van der Waals surface area contributed by atoms with Crippen LogP contribution in [0.25, 0.3) is 0 Å². The van der Waals surface area contributed by atoms with Gasteiger partial charge in [0.05, 0.1) is 0 Å². The van der Waals surface area contributed by atoms with Gasteiger partial charge in [0.2, 0.25) is 0 Å². The number of aryl methyl sites for hydroxylation is 1. The Kier molecular flexibility index (Phi) is 4.67. The van der Waals surface area contributed by atoms with Gasteiger partial charge in [-0.25, -0.2) is 0 Å². The molecule has 132 valence electrons. The summed E-state index contributed by atoms with van der Waals surface area (Å²) < 4.78 is 10.2. The molecule has 6 heteroatoms. The van der Waals surface area contributed by atoms with Crippen molar-refractivity contribution in [3.8, 4) is 10.9 Å². The summed E-state index contributed by atoms with van der Waals surface area (Å²) in [6, 6.07) is 15.8. The van der Waals surface area contributed by atoms with Crippen LogP contribution in [-0.4, -0.2) is 21.3 Å². The summed E-state index contributed by atoms with van der Waals surface area (Å²) in [5.74, 6) is 1.26. The Balaban J connectivity index is 1.42. The molecule has 1 amide bonds.